The predicted molar refractivity (Wildman–Crippen MR) is 76.6 cm³/mol. The Balaban J connectivity index is 2.73. The number of nitrogens with two attached hydrogens (primary N) is 1. The van der Waals surface area contributed by atoms with E-state index in [1.165, 1.54) is 0 Å². The van der Waals surface area contributed by atoms with Crippen molar-refractivity contribution in [3.63, 3.8) is 0 Å². The standard InChI is InChI=1S/C12H22ClN5O/c1-4-9-12(13)10(18(5-2)15-9)8-17(3)7-6-11(14)16-19/h19H,4-8H2,1-3H3,(H2,14,16). The molecule has 0 radical (unpaired) electrons. The van der Waals surface area contributed by atoms with Gasteiger partial charge in [-0.05, 0) is 20.4 Å². The number of rotatable bonds is 7. The van der Waals surface area contributed by atoms with Gasteiger partial charge in [-0.25, -0.2) is 0 Å². The lowest BCUT2D eigenvalue weighted by atomic mass is 10.3. The molecule has 0 aromatic carbocycles. The molecule has 0 spiro atoms. The van der Waals surface area contributed by atoms with E-state index in [1.807, 2.05) is 25.6 Å². The average Bonchev–Trinajstić information content (AvgIpc) is 2.72. The maximum atomic E-state index is 8.51. The van der Waals surface area contributed by atoms with Gasteiger partial charge in [0.1, 0.15) is 5.84 Å². The normalized spacial score (nSPS) is 12.4. The summed E-state index contributed by atoms with van der Waals surface area (Å²) < 4.78 is 1.93. The highest BCUT2D eigenvalue weighted by atomic mass is 35.5. The number of hydrogen-bond acceptors (Lipinski definition) is 4. The van der Waals surface area contributed by atoms with Crippen molar-refractivity contribution in [3.8, 4) is 0 Å². The molecule has 0 saturated carbocycles. The lowest BCUT2D eigenvalue weighted by Crippen LogP contribution is -2.25. The van der Waals surface area contributed by atoms with Crippen LogP contribution in [0.2, 0.25) is 5.02 Å². The van der Waals surface area contributed by atoms with Crippen LogP contribution < -0.4 is 5.73 Å². The van der Waals surface area contributed by atoms with Crippen LogP contribution >= 0.6 is 11.6 Å². The molecule has 0 aliphatic heterocycles. The fraction of sp³-hybridized carbons (Fsp3) is 0.667. The smallest absolute Gasteiger partial charge is 0.140 e. The molecule has 1 aromatic heterocycles. The maximum absolute atomic E-state index is 8.51. The van der Waals surface area contributed by atoms with E-state index in [0.29, 0.717) is 19.5 Å². The molecule has 19 heavy (non-hydrogen) atoms. The molecule has 1 aromatic rings. The monoisotopic (exact) mass is 287 g/mol. The summed E-state index contributed by atoms with van der Waals surface area (Å²) in [6.07, 6.45) is 1.35. The van der Waals surface area contributed by atoms with E-state index in [1.54, 1.807) is 0 Å². The van der Waals surface area contributed by atoms with Crippen molar-refractivity contribution in [1.82, 2.24) is 14.7 Å². The zero-order valence-electron chi connectivity index (χ0n) is 11.7. The molecule has 0 aliphatic carbocycles. The Hall–Kier alpha value is -1.27. The van der Waals surface area contributed by atoms with Gasteiger partial charge in [-0.3, -0.25) is 4.68 Å². The molecule has 3 N–H and O–H groups in total. The number of nitrogens with zero attached hydrogens (tertiary/aromatic N) is 4. The molecule has 108 valence electrons. The molecule has 0 amide bonds. The summed E-state index contributed by atoms with van der Waals surface area (Å²) >= 11 is 6.34. The van der Waals surface area contributed by atoms with E-state index in [4.69, 9.17) is 22.5 Å². The van der Waals surface area contributed by atoms with Crippen molar-refractivity contribution in [1.29, 1.82) is 0 Å². The third kappa shape index (κ3) is 4.11. The number of amidine groups is 1. The second-order valence-corrected chi connectivity index (χ2v) is 4.83. The van der Waals surface area contributed by atoms with Crippen LogP contribution in [-0.4, -0.2) is 39.3 Å². The van der Waals surface area contributed by atoms with E-state index in [0.717, 1.165) is 29.4 Å². The minimum Gasteiger partial charge on any atom is -0.409 e. The van der Waals surface area contributed by atoms with Crippen molar-refractivity contribution < 1.29 is 5.21 Å². The van der Waals surface area contributed by atoms with Gasteiger partial charge < -0.3 is 15.8 Å². The Bertz CT molecular complexity index is 444. The summed E-state index contributed by atoms with van der Waals surface area (Å²) in [6.45, 7) is 6.27. The summed E-state index contributed by atoms with van der Waals surface area (Å²) in [5.74, 6) is 0.233. The molecule has 1 rings (SSSR count). The molecular formula is C12H22ClN5O. The number of hydrogen-bond donors (Lipinski definition) is 2. The lowest BCUT2D eigenvalue weighted by molar-refractivity contribution is 0.306. The van der Waals surface area contributed by atoms with Crippen LogP contribution in [0.25, 0.3) is 0 Å². The molecular weight excluding hydrogens is 266 g/mol. The lowest BCUT2D eigenvalue weighted by Gasteiger charge is -2.17. The van der Waals surface area contributed by atoms with Crippen LogP contribution in [-0.2, 0) is 19.5 Å². The topological polar surface area (TPSA) is 79.7 Å². The van der Waals surface area contributed by atoms with Crippen LogP contribution in [0.3, 0.4) is 0 Å². The molecule has 1 heterocycles. The van der Waals surface area contributed by atoms with Crippen LogP contribution in [0.5, 0.6) is 0 Å². The summed E-state index contributed by atoms with van der Waals surface area (Å²) in [7, 11) is 1.97. The number of halogens is 1. The highest BCUT2D eigenvalue weighted by Crippen LogP contribution is 2.22. The fourth-order valence-electron chi connectivity index (χ4n) is 1.86. The summed E-state index contributed by atoms with van der Waals surface area (Å²) in [4.78, 5) is 2.08. The zero-order chi connectivity index (χ0) is 14.4. The van der Waals surface area contributed by atoms with Crippen molar-refractivity contribution in [2.75, 3.05) is 13.6 Å². The molecule has 7 heteroatoms. The summed E-state index contributed by atoms with van der Waals surface area (Å²) in [5, 5.41) is 16.7. The first-order valence-electron chi connectivity index (χ1n) is 6.42. The van der Waals surface area contributed by atoms with Crippen molar-refractivity contribution in [3.05, 3.63) is 16.4 Å². The summed E-state index contributed by atoms with van der Waals surface area (Å²) in [5.41, 5.74) is 7.41. The predicted octanol–water partition coefficient (Wildman–Crippen LogP) is 1.69. The molecule has 0 bridgehead atoms. The van der Waals surface area contributed by atoms with Crippen LogP contribution in [0.1, 0.15) is 31.7 Å². The first kappa shape index (κ1) is 15.8. The van der Waals surface area contributed by atoms with E-state index in [2.05, 4.69) is 15.2 Å². The van der Waals surface area contributed by atoms with Crippen molar-refractivity contribution in [2.45, 2.75) is 39.8 Å². The molecule has 0 aliphatic rings. The van der Waals surface area contributed by atoms with Crippen molar-refractivity contribution >= 4 is 17.4 Å². The van der Waals surface area contributed by atoms with Gasteiger partial charge in [0.25, 0.3) is 0 Å². The molecule has 0 saturated heterocycles. The molecule has 0 fully saturated rings. The van der Waals surface area contributed by atoms with Gasteiger partial charge >= 0.3 is 0 Å². The molecule has 6 nitrogen and oxygen atoms in total. The summed E-state index contributed by atoms with van der Waals surface area (Å²) in [6, 6.07) is 0. The highest BCUT2D eigenvalue weighted by molar-refractivity contribution is 6.31. The van der Waals surface area contributed by atoms with Gasteiger partial charge in [0, 0.05) is 26.1 Å². The zero-order valence-corrected chi connectivity index (χ0v) is 12.5. The van der Waals surface area contributed by atoms with Crippen LogP contribution in [0.15, 0.2) is 5.16 Å². The third-order valence-electron chi connectivity index (χ3n) is 2.99. The third-order valence-corrected chi connectivity index (χ3v) is 3.43. The van der Waals surface area contributed by atoms with Gasteiger partial charge in [-0.15, -0.1) is 0 Å². The highest BCUT2D eigenvalue weighted by Gasteiger charge is 2.15. The number of aryl methyl sites for hydroxylation is 2. The average molecular weight is 288 g/mol. The van der Waals surface area contributed by atoms with Crippen molar-refractivity contribution in [2.24, 2.45) is 10.9 Å². The first-order chi connectivity index (χ1) is 9.03. The minimum absolute atomic E-state index is 0.233. The van der Waals surface area contributed by atoms with E-state index in [-0.39, 0.29) is 5.84 Å². The van der Waals surface area contributed by atoms with Gasteiger partial charge in [0.2, 0.25) is 0 Å². The minimum atomic E-state index is 0.233. The van der Waals surface area contributed by atoms with E-state index in [9.17, 15) is 0 Å². The first-order valence-corrected chi connectivity index (χ1v) is 6.80. The Labute approximate surface area is 118 Å². The maximum Gasteiger partial charge on any atom is 0.140 e. The second kappa shape index (κ2) is 7.35. The largest absolute Gasteiger partial charge is 0.409 e. The van der Waals surface area contributed by atoms with Crippen LogP contribution in [0.4, 0.5) is 0 Å². The fourth-order valence-corrected chi connectivity index (χ4v) is 2.19. The molecule has 0 unspecified atom stereocenters. The van der Waals surface area contributed by atoms with Gasteiger partial charge in [0.15, 0.2) is 0 Å². The Morgan fingerprint density at radius 3 is 2.74 bits per heavy atom. The number of aromatic nitrogens is 2. The molecule has 0 atom stereocenters. The Morgan fingerprint density at radius 1 is 1.53 bits per heavy atom. The van der Waals surface area contributed by atoms with Crippen LogP contribution in [0, 0.1) is 0 Å². The second-order valence-electron chi connectivity index (χ2n) is 4.46. The van der Waals surface area contributed by atoms with Gasteiger partial charge in [-0.1, -0.05) is 23.7 Å². The Morgan fingerprint density at radius 2 is 2.21 bits per heavy atom. The van der Waals surface area contributed by atoms with E-state index < -0.39 is 0 Å². The van der Waals surface area contributed by atoms with E-state index >= 15 is 0 Å². The SMILES string of the molecule is CCc1nn(CC)c(CN(C)CCC(N)=NO)c1Cl. The van der Waals surface area contributed by atoms with Gasteiger partial charge in [-0.2, -0.15) is 5.10 Å². The Kier molecular flexibility index (Phi) is 6.11. The van der Waals surface area contributed by atoms with Gasteiger partial charge in [0.05, 0.1) is 16.4 Å². The number of oxime groups is 1. The quantitative estimate of drug-likeness (QED) is 0.346.